The van der Waals surface area contributed by atoms with Crippen molar-refractivity contribution in [1.82, 2.24) is 0 Å². The number of hydrogen-bond donors (Lipinski definition) is 1. The lowest BCUT2D eigenvalue weighted by molar-refractivity contribution is -0.287. The Morgan fingerprint density at radius 3 is 2.19 bits per heavy atom. The van der Waals surface area contributed by atoms with Crippen molar-refractivity contribution in [2.75, 3.05) is 0 Å². The lowest BCUT2D eigenvalue weighted by atomic mass is 9.53. The number of hydrogen-bond acceptors (Lipinski definition) is 7. The van der Waals surface area contributed by atoms with Gasteiger partial charge in [0.1, 0.15) is 6.10 Å². The number of rotatable bonds is 1. The molecule has 1 aromatic rings. The number of ether oxygens (including phenoxy) is 2. The van der Waals surface area contributed by atoms with Gasteiger partial charge in [-0.15, -0.1) is 11.3 Å². The Balaban J connectivity index is 1.88. The number of nitrogens with one attached hydrogen (secondary N) is 1. The minimum Gasteiger partial charge on any atom is -0.447 e. The molecule has 31 heavy (non-hydrogen) atoms. The van der Waals surface area contributed by atoms with Gasteiger partial charge in [0, 0.05) is 11.3 Å². The molecule has 1 saturated carbocycles. The maximum Gasteiger partial charge on any atom is 0.217 e. The van der Waals surface area contributed by atoms with E-state index in [1.165, 1.54) is 24.2 Å². The maximum absolute atomic E-state index is 10.5. The summed E-state index contributed by atoms with van der Waals surface area (Å²) in [6.07, 6.45) is 8.67. The zero-order valence-corrected chi connectivity index (χ0v) is 19.7. The van der Waals surface area contributed by atoms with Crippen molar-refractivity contribution in [3.8, 4) is 18.2 Å². The third-order valence-corrected chi connectivity index (χ3v) is 8.84. The normalized spacial score (nSPS) is 35.2. The number of thiophene rings is 1. The van der Waals surface area contributed by atoms with Crippen molar-refractivity contribution in [2.24, 2.45) is 16.7 Å². The SMILES string of the molecule is N#CC1(C#N)C(c2ccc(Br)s2)OC23CCCCCCCCCCC2C1(C#N)C(=N)O3. The summed E-state index contributed by atoms with van der Waals surface area (Å²) >= 11 is 4.83. The molecule has 1 aromatic heterocycles. The van der Waals surface area contributed by atoms with Crippen LogP contribution in [-0.4, -0.2) is 11.7 Å². The standard InChI is InChI=1S/C23H25BrN4O2S/c24-18-11-10-16(31-18)19-21(13-25,14-26)22(15-27)17-9-7-5-3-1-2-4-6-8-12-23(17,29-19)30-20(22)28/h10-11,17,19,28H,1-9,12H2. The summed E-state index contributed by atoms with van der Waals surface area (Å²) in [6.45, 7) is 0. The molecule has 0 radical (unpaired) electrons. The van der Waals surface area contributed by atoms with Crippen LogP contribution in [0, 0.1) is 56.2 Å². The first-order chi connectivity index (χ1) is 15.0. The van der Waals surface area contributed by atoms with Gasteiger partial charge < -0.3 is 9.47 Å². The van der Waals surface area contributed by atoms with E-state index in [1.54, 1.807) is 0 Å². The van der Waals surface area contributed by atoms with Crippen LogP contribution in [0.4, 0.5) is 0 Å². The van der Waals surface area contributed by atoms with E-state index >= 15 is 0 Å². The Morgan fingerprint density at radius 2 is 1.61 bits per heavy atom. The zero-order chi connectivity index (χ0) is 22.1. The van der Waals surface area contributed by atoms with Gasteiger partial charge in [0.25, 0.3) is 0 Å². The second kappa shape index (κ2) is 8.55. The molecule has 3 heterocycles. The fourth-order valence-electron chi connectivity index (χ4n) is 5.64. The minimum atomic E-state index is -1.86. The Morgan fingerprint density at radius 1 is 0.968 bits per heavy atom. The highest BCUT2D eigenvalue weighted by molar-refractivity contribution is 9.11. The topological polar surface area (TPSA) is 114 Å². The molecule has 4 rings (SSSR count). The summed E-state index contributed by atoms with van der Waals surface area (Å²) < 4.78 is 13.6. The molecule has 4 atom stereocenters. The molecule has 2 saturated heterocycles. The Labute approximate surface area is 195 Å². The largest absolute Gasteiger partial charge is 0.447 e. The lowest BCUT2D eigenvalue weighted by Gasteiger charge is -2.49. The van der Waals surface area contributed by atoms with Gasteiger partial charge in [-0.1, -0.05) is 44.9 Å². The van der Waals surface area contributed by atoms with E-state index < -0.39 is 28.6 Å². The van der Waals surface area contributed by atoms with Crippen LogP contribution in [0.15, 0.2) is 15.9 Å². The fraction of sp³-hybridized carbons (Fsp3) is 0.652. The molecule has 4 unspecified atom stereocenters. The van der Waals surface area contributed by atoms with E-state index in [1.807, 2.05) is 12.1 Å². The Bertz CT molecular complexity index is 975. The van der Waals surface area contributed by atoms with Gasteiger partial charge in [-0.2, -0.15) is 15.8 Å². The quantitative estimate of drug-likeness (QED) is 0.481. The van der Waals surface area contributed by atoms with Crippen molar-refractivity contribution >= 4 is 33.2 Å². The first-order valence-corrected chi connectivity index (χ1v) is 12.6. The van der Waals surface area contributed by atoms with Crippen LogP contribution in [0.5, 0.6) is 0 Å². The van der Waals surface area contributed by atoms with Gasteiger partial charge in [-0.05, 0) is 40.9 Å². The second-order valence-corrected chi connectivity index (χ2v) is 11.2. The first kappa shape index (κ1) is 22.3. The van der Waals surface area contributed by atoms with Gasteiger partial charge >= 0.3 is 0 Å². The van der Waals surface area contributed by atoms with Gasteiger partial charge in [-0.25, -0.2) is 0 Å². The zero-order valence-electron chi connectivity index (χ0n) is 17.3. The van der Waals surface area contributed by atoms with E-state index in [0.717, 1.165) is 42.3 Å². The molecule has 3 fully saturated rings. The predicted molar refractivity (Wildman–Crippen MR) is 119 cm³/mol. The molecule has 6 nitrogen and oxygen atoms in total. The van der Waals surface area contributed by atoms with E-state index in [9.17, 15) is 15.8 Å². The first-order valence-electron chi connectivity index (χ1n) is 10.9. The van der Waals surface area contributed by atoms with Gasteiger partial charge in [0.15, 0.2) is 5.41 Å². The highest BCUT2D eigenvalue weighted by Crippen LogP contribution is 2.69. The van der Waals surface area contributed by atoms with Crippen LogP contribution in [0.25, 0.3) is 0 Å². The fourth-order valence-corrected chi connectivity index (χ4v) is 7.17. The van der Waals surface area contributed by atoms with E-state index in [0.29, 0.717) is 17.7 Å². The molecule has 0 spiro atoms. The predicted octanol–water partition coefficient (Wildman–Crippen LogP) is 6.36. The average Bonchev–Trinajstić information content (AvgIpc) is 3.26. The maximum atomic E-state index is 10.5. The molecule has 1 N–H and O–H groups in total. The molecule has 3 aliphatic rings. The smallest absolute Gasteiger partial charge is 0.217 e. The summed E-state index contributed by atoms with van der Waals surface area (Å²) in [5.74, 6) is -1.95. The van der Waals surface area contributed by atoms with Gasteiger partial charge in [-0.3, -0.25) is 5.41 Å². The average molecular weight is 501 g/mol. The van der Waals surface area contributed by atoms with E-state index in [4.69, 9.17) is 14.9 Å². The third kappa shape index (κ3) is 3.21. The highest BCUT2D eigenvalue weighted by Gasteiger charge is 2.80. The van der Waals surface area contributed by atoms with Crippen molar-refractivity contribution < 1.29 is 9.47 Å². The number of nitriles is 3. The minimum absolute atomic E-state index is 0.281. The molecule has 2 aliphatic heterocycles. The second-order valence-electron chi connectivity index (χ2n) is 8.75. The van der Waals surface area contributed by atoms with Crippen LogP contribution in [0.2, 0.25) is 0 Å². The summed E-state index contributed by atoms with van der Waals surface area (Å²) in [7, 11) is 0. The van der Waals surface area contributed by atoms with Crippen LogP contribution in [0.1, 0.15) is 75.2 Å². The summed E-state index contributed by atoms with van der Waals surface area (Å²) in [4.78, 5) is 0.692. The van der Waals surface area contributed by atoms with Crippen molar-refractivity contribution in [3.63, 3.8) is 0 Å². The molecule has 8 heteroatoms. The molecule has 1 aliphatic carbocycles. The van der Waals surface area contributed by atoms with E-state index in [-0.39, 0.29) is 5.90 Å². The summed E-state index contributed by atoms with van der Waals surface area (Å²) in [6, 6.07) is 10.3. The van der Waals surface area contributed by atoms with Crippen LogP contribution in [0.3, 0.4) is 0 Å². The van der Waals surface area contributed by atoms with Crippen molar-refractivity contribution in [2.45, 2.75) is 76.1 Å². The third-order valence-electron chi connectivity index (χ3n) is 7.17. The highest BCUT2D eigenvalue weighted by atomic mass is 79.9. The Kier molecular flexibility index (Phi) is 6.14. The van der Waals surface area contributed by atoms with E-state index in [2.05, 4.69) is 34.1 Å². The number of halogens is 1. The van der Waals surface area contributed by atoms with Crippen molar-refractivity contribution in [3.05, 3.63) is 20.8 Å². The number of nitrogens with zero attached hydrogens (tertiary/aromatic N) is 3. The van der Waals surface area contributed by atoms with Crippen molar-refractivity contribution in [1.29, 1.82) is 21.2 Å². The molecule has 162 valence electrons. The lowest BCUT2D eigenvalue weighted by Crippen LogP contribution is -2.59. The molecule has 0 aromatic carbocycles. The summed E-state index contributed by atoms with van der Waals surface area (Å²) in [5.41, 5.74) is -3.51. The monoisotopic (exact) mass is 500 g/mol. The van der Waals surface area contributed by atoms with Crippen LogP contribution in [-0.2, 0) is 9.47 Å². The van der Waals surface area contributed by atoms with Gasteiger partial charge in [0.2, 0.25) is 17.1 Å². The van der Waals surface area contributed by atoms with Gasteiger partial charge in [0.05, 0.1) is 27.9 Å². The van der Waals surface area contributed by atoms with Crippen LogP contribution < -0.4 is 0 Å². The summed E-state index contributed by atoms with van der Waals surface area (Å²) in [5, 5.41) is 39.9. The van der Waals surface area contributed by atoms with Crippen LogP contribution >= 0.6 is 27.3 Å². The molecule has 2 bridgehead atoms. The molecule has 0 amide bonds. The molecular weight excluding hydrogens is 476 g/mol. The molecular formula is C23H25BrN4O2S. The Hall–Kier alpha value is -1.92.